The van der Waals surface area contributed by atoms with Gasteiger partial charge in [-0.1, -0.05) is 19.9 Å². The highest BCUT2D eigenvalue weighted by molar-refractivity contribution is 7.13. The monoisotopic (exact) mass is 451 g/mol. The molecule has 0 bridgehead atoms. The van der Waals surface area contributed by atoms with Gasteiger partial charge in [0.05, 0.1) is 46.1 Å². The van der Waals surface area contributed by atoms with Gasteiger partial charge < -0.3 is 10.2 Å². The zero-order valence-corrected chi connectivity index (χ0v) is 19.8. The number of carbonyl (C=O) groups excluding carboxylic acids is 1. The summed E-state index contributed by atoms with van der Waals surface area (Å²) in [4.78, 5) is 21.5. The Kier molecular flexibility index (Phi) is 6.66. The van der Waals surface area contributed by atoms with E-state index >= 15 is 0 Å². The quantitative estimate of drug-likeness (QED) is 0.404. The lowest BCUT2D eigenvalue weighted by Gasteiger charge is -2.17. The van der Waals surface area contributed by atoms with Crippen LogP contribution in [0.5, 0.6) is 0 Å². The van der Waals surface area contributed by atoms with Gasteiger partial charge in [-0.25, -0.2) is 9.67 Å². The van der Waals surface area contributed by atoms with Crippen LogP contribution in [0.15, 0.2) is 42.2 Å². The fraction of sp³-hybridized carbons (Fsp3) is 0.391. The molecule has 8 nitrogen and oxygen atoms in total. The van der Waals surface area contributed by atoms with Crippen molar-refractivity contribution in [3.05, 3.63) is 47.7 Å². The van der Waals surface area contributed by atoms with E-state index in [9.17, 15) is 4.79 Å². The number of aromatic nitrogens is 5. The van der Waals surface area contributed by atoms with Crippen molar-refractivity contribution in [2.75, 3.05) is 25.0 Å². The Hall–Kier alpha value is -3.04. The van der Waals surface area contributed by atoms with Gasteiger partial charge in [0, 0.05) is 18.8 Å². The van der Waals surface area contributed by atoms with Crippen LogP contribution in [0.1, 0.15) is 44.1 Å². The van der Waals surface area contributed by atoms with E-state index in [2.05, 4.69) is 48.1 Å². The number of amides is 1. The van der Waals surface area contributed by atoms with Crippen LogP contribution in [0.4, 0.5) is 5.69 Å². The molecular formula is C23H29N7OS. The van der Waals surface area contributed by atoms with Crippen LogP contribution >= 0.6 is 11.3 Å². The summed E-state index contributed by atoms with van der Waals surface area (Å²) in [6.07, 6.45) is 5.29. The molecule has 4 heterocycles. The standard InChI is InChI=1S/C23H29N7OS/c1-5-28(6-2)9-10-29-15-17(13-24-29)26-23(31)18-12-20(21-8-7-11-32-21)27-22-19(18)14-25-30(22)16(3)4/h7-8,11-16H,5-6,9-10H2,1-4H3,(H,26,31). The number of fused-ring (bicyclic) bond motifs is 1. The lowest BCUT2D eigenvalue weighted by atomic mass is 10.1. The van der Waals surface area contributed by atoms with Gasteiger partial charge in [-0.15, -0.1) is 11.3 Å². The minimum absolute atomic E-state index is 0.138. The van der Waals surface area contributed by atoms with E-state index in [1.807, 2.05) is 39.1 Å². The van der Waals surface area contributed by atoms with Crippen molar-refractivity contribution in [2.24, 2.45) is 0 Å². The third-order valence-electron chi connectivity index (χ3n) is 5.50. The van der Waals surface area contributed by atoms with Crippen molar-refractivity contribution in [3.8, 4) is 10.6 Å². The fourth-order valence-corrected chi connectivity index (χ4v) is 4.35. The second-order valence-electron chi connectivity index (χ2n) is 7.93. The van der Waals surface area contributed by atoms with Crippen LogP contribution in [-0.2, 0) is 6.54 Å². The smallest absolute Gasteiger partial charge is 0.256 e. The van der Waals surface area contributed by atoms with Gasteiger partial charge in [0.15, 0.2) is 5.65 Å². The largest absolute Gasteiger partial charge is 0.319 e. The molecule has 1 amide bonds. The first kappa shape index (κ1) is 22.2. The highest BCUT2D eigenvalue weighted by Gasteiger charge is 2.19. The number of rotatable bonds is 9. The molecule has 4 aromatic rings. The Labute approximate surface area is 191 Å². The molecule has 0 aromatic carbocycles. The van der Waals surface area contributed by atoms with E-state index in [1.165, 1.54) is 0 Å². The summed E-state index contributed by atoms with van der Waals surface area (Å²) in [5.74, 6) is -0.193. The number of pyridine rings is 1. The maximum Gasteiger partial charge on any atom is 0.256 e. The normalized spacial score (nSPS) is 11.7. The summed E-state index contributed by atoms with van der Waals surface area (Å²) in [7, 11) is 0. The van der Waals surface area contributed by atoms with Gasteiger partial charge >= 0.3 is 0 Å². The average Bonchev–Trinajstić information content (AvgIpc) is 3.54. The Morgan fingerprint density at radius 1 is 1.22 bits per heavy atom. The zero-order valence-electron chi connectivity index (χ0n) is 18.9. The highest BCUT2D eigenvalue weighted by atomic mass is 32.1. The third kappa shape index (κ3) is 4.58. The lowest BCUT2D eigenvalue weighted by Crippen LogP contribution is -2.27. The SMILES string of the molecule is CCN(CC)CCn1cc(NC(=O)c2cc(-c3cccs3)nc3c2cnn3C(C)C)cn1. The number of anilines is 1. The van der Waals surface area contributed by atoms with Crippen LogP contribution in [-0.4, -0.2) is 55.0 Å². The summed E-state index contributed by atoms with van der Waals surface area (Å²) in [5.41, 5.74) is 2.72. The molecule has 0 radical (unpaired) electrons. The average molecular weight is 452 g/mol. The Morgan fingerprint density at radius 3 is 2.72 bits per heavy atom. The van der Waals surface area contributed by atoms with Crippen molar-refractivity contribution in [1.82, 2.24) is 29.4 Å². The van der Waals surface area contributed by atoms with Gasteiger partial charge in [0.25, 0.3) is 5.91 Å². The van der Waals surface area contributed by atoms with Gasteiger partial charge in [-0.05, 0) is 44.4 Å². The van der Waals surface area contributed by atoms with E-state index in [-0.39, 0.29) is 11.9 Å². The predicted octanol–water partition coefficient (Wildman–Crippen LogP) is 4.53. The van der Waals surface area contributed by atoms with Crippen LogP contribution in [0, 0.1) is 0 Å². The molecule has 0 unspecified atom stereocenters. The van der Waals surface area contributed by atoms with Crippen LogP contribution in [0.3, 0.4) is 0 Å². The van der Waals surface area contributed by atoms with Crippen molar-refractivity contribution < 1.29 is 4.79 Å². The zero-order chi connectivity index (χ0) is 22.7. The number of hydrogen-bond donors (Lipinski definition) is 1. The number of thiophene rings is 1. The molecule has 0 fully saturated rings. The molecule has 168 valence electrons. The third-order valence-corrected chi connectivity index (χ3v) is 6.40. The predicted molar refractivity (Wildman–Crippen MR) is 129 cm³/mol. The Morgan fingerprint density at radius 2 is 2.03 bits per heavy atom. The summed E-state index contributed by atoms with van der Waals surface area (Å²) >= 11 is 1.60. The molecule has 4 rings (SSSR count). The summed E-state index contributed by atoms with van der Waals surface area (Å²) < 4.78 is 3.72. The van der Waals surface area contributed by atoms with Gasteiger partial charge in [-0.3, -0.25) is 9.48 Å². The Balaban J connectivity index is 1.61. The molecule has 9 heteroatoms. The lowest BCUT2D eigenvalue weighted by molar-refractivity contribution is 0.102. The number of hydrogen-bond acceptors (Lipinski definition) is 6. The maximum absolute atomic E-state index is 13.3. The number of nitrogens with one attached hydrogen (secondary N) is 1. The molecule has 32 heavy (non-hydrogen) atoms. The van der Waals surface area contributed by atoms with Gasteiger partial charge in [-0.2, -0.15) is 10.2 Å². The second kappa shape index (κ2) is 9.62. The van der Waals surface area contributed by atoms with Crippen molar-refractivity contribution in [3.63, 3.8) is 0 Å². The summed E-state index contributed by atoms with van der Waals surface area (Å²) in [6, 6.07) is 5.98. The fourth-order valence-electron chi connectivity index (χ4n) is 3.67. The number of nitrogens with zero attached hydrogens (tertiary/aromatic N) is 6. The van der Waals surface area contributed by atoms with E-state index in [0.29, 0.717) is 16.9 Å². The molecule has 0 spiro atoms. The molecule has 0 atom stereocenters. The van der Waals surface area contributed by atoms with Crippen LogP contribution in [0.25, 0.3) is 21.6 Å². The molecule has 0 aliphatic heterocycles. The molecule has 0 aliphatic rings. The van der Waals surface area contributed by atoms with E-state index in [1.54, 1.807) is 23.7 Å². The first-order valence-electron chi connectivity index (χ1n) is 11.0. The summed E-state index contributed by atoms with van der Waals surface area (Å²) in [6.45, 7) is 12.1. The highest BCUT2D eigenvalue weighted by Crippen LogP contribution is 2.29. The van der Waals surface area contributed by atoms with Crippen molar-refractivity contribution in [1.29, 1.82) is 0 Å². The molecular weight excluding hydrogens is 422 g/mol. The Bertz CT molecular complexity index is 1190. The first-order valence-corrected chi connectivity index (χ1v) is 11.9. The minimum Gasteiger partial charge on any atom is -0.319 e. The van der Waals surface area contributed by atoms with Crippen molar-refractivity contribution in [2.45, 2.75) is 40.3 Å². The van der Waals surface area contributed by atoms with Crippen LogP contribution in [0.2, 0.25) is 0 Å². The van der Waals surface area contributed by atoms with E-state index < -0.39 is 0 Å². The van der Waals surface area contributed by atoms with Gasteiger partial charge in [0.2, 0.25) is 0 Å². The molecule has 0 aliphatic carbocycles. The molecule has 0 saturated heterocycles. The minimum atomic E-state index is -0.193. The molecule has 4 aromatic heterocycles. The van der Waals surface area contributed by atoms with E-state index in [4.69, 9.17) is 4.98 Å². The van der Waals surface area contributed by atoms with Crippen LogP contribution < -0.4 is 5.32 Å². The summed E-state index contributed by atoms with van der Waals surface area (Å²) in [5, 5.41) is 14.6. The molecule has 0 saturated carbocycles. The first-order chi connectivity index (χ1) is 15.5. The maximum atomic E-state index is 13.3. The topological polar surface area (TPSA) is 80.9 Å². The van der Waals surface area contributed by atoms with Crippen molar-refractivity contribution >= 4 is 34.0 Å². The van der Waals surface area contributed by atoms with Gasteiger partial charge in [0.1, 0.15) is 0 Å². The molecule has 1 N–H and O–H groups in total. The number of carbonyl (C=O) groups is 1. The second-order valence-corrected chi connectivity index (χ2v) is 8.87. The number of likely N-dealkylation sites (N-methyl/N-ethyl adjacent to an activating group) is 1. The van der Waals surface area contributed by atoms with E-state index in [0.717, 1.165) is 42.1 Å².